The second kappa shape index (κ2) is 6.81. The summed E-state index contributed by atoms with van der Waals surface area (Å²) in [4.78, 5) is 26.0. The fourth-order valence-corrected chi connectivity index (χ4v) is 2.99. The molecule has 5 nitrogen and oxygen atoms in total. The predicted octanol–water partition coefficient (Wildman–Crippen LogP) is 2.97. The Morgan fingerprint density at radius 3 is 2.45 bits per heavy atom. The number of anilines is 1. The van der Waals surface area contributed by atoms with Crippen LogP contribution >= 0.6 is 0 Å². The first kappa shape index (κ1) is 16.3. The first-order valence-corrected chi connectivity index (χ1v) is 7.63. The van der Waals surface area contributed by atoms with Crippen molar-refractivity contribution in [2.75, 3.05) is 19.1 Å². The number of carbonyl (C=O) groups excluding carboxylic acids is 2. The SMILES string of the molecule is COC(=O)c1cc(O)ccc1N(C)C(=O)[C@H]1CC[C@H](C)CC1. The number of phenols is 1. The van der Waals surface area contributed by atoms with Gasteiger partial charge in [0.15, 0.2) is 0 Å². The third-order valence-corrected chi connectivity index (χ3v) is 4.44. The Kier molecular flexibility index (Phi) is 5.06. The van der Waals surface area contributed by atoms with Gasteiger partial charge < -0.3 is 14.7 Å². The smallest absolute Gasteiger partial charge is 0.340 e. The van der Waals surface area contributed by atoms with Gasteiger partial charge in [-0.2, -0.15) is 0 Å². The summed E-state index contributed by atoms with van der Waals surface area (Å²) in [6, 6.07) is 4.37. The highest BCUT2D eigenvalue weighted by molar-refractivity contribution is 6.03. The maximum Gasteiger partial charge on any atom is 0.340 e. The molecule has 0 saturated heterocycles. The number of hydrogen-bond acceptors (Lipinski definition) is 4. The fraction of sp³-hybridized carbons (Fsp3) is 0.529. The Morgan fingerprint density at radius 1 is 1.23 bits per heavy atom. The standard InChI is InChI=1S/C17H23NO4/c1-11-4-6-12(7-5-11)16(20)18(2)15-9-8-13(19)10-14(15)17(21)22-3/h8-12,19H,4-7H2,1-3H3/t11-,12-. The molecule has 0 bridgehead atoms. The molecule has 0 unspecified atom stereocenters. The molecule has 0 spiro atoms. The molecule has 1 fully saturated rings. The molecule has 0 radical (unpaired) electrons. The molecule has 0 aromatic heterocycles. The van der Waals surface area contributed by atoms with E-state index in [2.05, 4.69) is 6.92 Å². The minimum atomic E-state index is -0.567. The molecule has 0 aliphatic heterocycles. The Bertz CT molecular complexity index is 562. The van der Waals surface area contributed by atoms with Gasteiger partial charge in [0.2, 0.25) is 5.91 Å². The highest BCUT2D eigenvalue weighted by Gasteiger charge is 2.29. The minimum absolute atomic E-state index is 0.000463. The summed E-state index contributed by atoms with van der Waals surface area (Å²) in [6.07, 6.45) is 3.89. The second-order valence-electron chi connectivity index (χ2n) is 6.05. The maximum atomic E-state index is 12.7. The Labute approximate surface area is 130 Å². The van der Waals surface area contributed by atoms with E-state index in [-0.39, 0.29) is 23.1 Å². The molecule has 1 aliphatic rings. The van der Waals surface area contributed by atoms with E-state index in [1.165, 1.54) is 24.1 Å². The van der Waals surface area contributed by atoms with Gasteiger partial charge in [0, 0.05) is 13.0 Å². The average Bonchev–Trinajstić information content (AvgIpc) is 2.53. The Balaban J connectivity index is 2.23. The zero-order valence-electron chi connectivity index (χ0n) is 13.3. The van der Waals surface area contributed by atoms with Crippen LogP contribution in [-0.4, -0.2) is 31.1 Å². The number of phenolic OH excluding ortho intramolecular Hbond substituents is 1. The third kappa shape index (κ3) is 3.40. The second-order valence-corrected chi connectivity index (χ2v) is 6.05. The van der Waals surface area contributed by atoms with Gasteiger partial charge in [-0.15, -0.1) is 0 Å². The molecule has 120 valence electrons. The summed E-state index contributed by atoms with van der Waals surface area (Å²) in [7, 11) is 2.94. The van der Waals surface area contributed by atoms with Gasteiger partial charge in [0.1, 0.15) is 5.75 Å². The van der Waals surface area contributed by atoms with Crippen LogP contribution < -0.4 is 4.90 Å². The lowest BCUT2D eigenvalue weighted by atomic mass is 9.82. The molecule has 1 aromatic rings. The first-order chi connectivity index (χ1) is 10.4. The highest BCUT2D eigenvalue weighted by Crippen LogP contribution is 2.32. The van der Waals surface area contributed by atoms with E-state index in [4.69, 9.17) is 4.74 Å². The van der Waals surface area contributed by atoms with E-state index >= 15 is 0 Å². The van der Waals surface area contributed by atoms with E-state index in [9.17, 15) is 14.7 Å². The fourth-order valence-electron chi connectivity index (χ4n) is 2.99. The van der Waals surface area contributed by atoms with Crippen molar-refractivity contribution in [3.8, 4) is 5.75 Å². The lowest BCUT2D eigenvalue weighted by molar-refractivity contribution is -0.123. The molecular weight excluding hydrogens is 282 g/mol. The summed E-state index contributed by atoms with van der Waals surface area (Å²) < 4.78 is 4.73. The molecule has 1 N–H and O–H groups in total. The molecule has 0 atom stereocenters. The van der Waals surface area contributed by atoms with Crippen molar-refractivity contribution >= 4 is 17.6 Å². The molecule has 1 amide bonds. The van der Waals surface area contributed by atoms with Crippen molar-refractivity contribution in [1.82, 2.24) is 0 Å². The van der Waals surface area contributed by atoms with Gasteiger partial charge in [-0.3, -0.25) is 4.79 Å². The summed E-state index contributed by atoms with van der Waals surface area (Å²) in [5.41, 5.74) is 0.663. The molecule has 2 rings (SSSR count). The largest absolute Gasteiger partial charge is 0.508 e. The van der Waals surface area contributed by atoms with Crippen molar-refractivity contribution in [3.63, 3.8) is 0 Å². The minimum Gasteiger partial charge on any atom is -0.508 e. The molecule has 0 heterocycles. The van der Waals surface area contributed by atoms with Crippen LogP contribution in [0.15, 0.2) is 18.2 Å². The number of methoxy groups -OCH3 is 1. The number of nitrogens with zero attached hydrogens (tertiary/aromatic N) is 1. The number of esters is 1. The monoisotopic (exact) mass is 305 g/mol. The van der Waals surface area contributed by atoms with Crippen LogP contribution in [0, 0.1) is 11.8 Å². The van der Waals surface area contributed by atoms with Crippen LogP contribution in [0.25, 0.3) is 0 Å². The highest BCUT2D eigenvalue weighted by atomic mass is 16.5. The Morgan fingerprint density at radius 2 is 1.86 bits per heavy atom. The summed E-state index contributed by atoms with van der Waals surface area (Å²) in [5, 5.41) is 9.57. The molecular formula is C17H23NO4. The van der Waals surface area contributed by atoms with E-state index in [0.29, 0.717) is 11.6 Å². The van der Waals surface area contributed by atoms with E-state index in [0.717, 1.165) is 25.7 Å². The van der Waals surface area contributed by atoms with Crippen molar-refractivity contribution in [1.29, 1.82) is 0 Å². The van der Waals surface area contributed by atoms with E-state index in [1.807, 2.05) is 0 Å². The van der Waals surface area contributed by atoms with Gasteiger partial charge in [-0.05, 0) is 49.8 Å². The van der Waals surface area contributed by atoms with Gasteiger partial charge in [-0.1, -0.05) is 6.92 Å². The number of aromatic hydroxyl groups is 1. The number of ether oxygens (including phenoxy) is 1. The topological polar surface area (TPSA) is 66.8 Å². The quantitative estimate of drug-likeness (QED) is 0.872. The zero-order valence-corrected chi connectivity index (χ0v) is 13.3. The number of carbonyl (C=O) groups is 2. The van der Waals surface area contributed by atoms with Crippen LogP contribution in [0.4, 0.5) is 5.69 Å². The zero-order chi connectivity index (χ0) is 16.3. The molecule has 5 heteroatoms. The van der Waals surface area contributed by atoms with Crippen molar-refractivity contribution in [3.05, 3.63) is 23.8 Å². The molecule has 22 heavy (non-hydrogen) atoms. The number of benzene rings is 1. The number of rotatable bonds is 3. The van der Waals surface area contributed by atoms with Crippen molar-refractivity contribution in [2.24, 2.45) is 11.8 Å². The summed E-state index contributed by atoms with van der Waals surface area (Å²) in [5.74, 6) is 0.0937. The van der Waals surface area contributed by atoms with Gasteiger partial charge in [0.25, 0.3) is 0 Å². The van der Waals surface area contributed by atoms with Gasteiger partial charge in [-0.25, -0.2) is 4.79 Å². The van der Waals surface area contributed by atoms with Crippen LogP contribution in [0.2, 0.25) is 0 Å². The normalized spacial score (nSPS) is 21.2. The van der Waals surface area contributed by atoms with E-state index in [1.54, 1.807) is 13.1 Å². The van der Waals surface area contributed by atoms with Crippen LogP contribution in [0.3, 0.4) is 0 Å². The van der Waals surface area contributed by atoms with Gasteiger partial charge >= 0.3 is 5.97 Å². The number of amides is 1. The lowest BCUT2D eigenvalue weighted by Gasteiger charge is -2.29. The summed E-state index contributed by atoms with van der Waals surface area (Å²) in [6.45, 7) is 2.21. The first-order valence-electron chi connectivity index (χ1n) is 7.63. The summed E-state index contributed by atoms with van der Waals surface area (Å²) >= 11 is 0. The van der Waals surface area contributed by atoms with E-state index < -0.39 is 5.97 Å². The van der Waals surface area contributed by atoms with Crippen molar-refractivity contribution in [2.45, 2.75) is 32.6 Å². The lowest BCUT2D eigenvalue weighted by Crippen LogP contribution is -2.35. The predicted molar refractivity (Wildman–Crippen MR) is 84.0 cm³/mol. The Hall–Kier alpha value is -2.04. The van der Waals surface area contributed by atoms with Gasteiger partial charge in [0.05, 0.1) is 18.4 Å². The van der Waals surface area contributed by atoms with Crippen LogP contribution in [-0.2, 0) is 9.53 Å². The molecule has 1 aliphatic carbocycles. The van der Waals surface area contributed by atoms with Crippen LogP contribution in [0.1, 0.15) is 43.0 Å². The molecule has 1 aromatic carbocycles. The average molecular weight is 305 g/mol. The third-order valence-electron chi connectivity index (χ3n) is 4.44. The number of hydrogen-bond donors (Lipinski definition) is 1. The van der Waals surface area contributed by atoms with Crippen molar-refractivity contribution < 1.29 is 19.4 Å². The maximum absolute atomic E-state index is 12.7. The van der Waals surface area contributed by atoms with Crippen LogP contribution in [0.5, 0.6) is 5.75 Å². The molecule has 1 saturated carbocycles.